The number of fused-ring (bicyclic) bond motifs is 1. The number of nitrogens with zero attached hydrogens (tertiary/aromatic N) is 1. The predicted molar refractivity (Wildman–Crippen MR) is 108 cm³/mol. The first kappa shape index (κ1) is 19.7. The smallest absolute Gasteiger partial charge is 0.161 e. The number of carbonyl (C=O) groups excluding carboxylic acids is 1. The molecule has 0 amide bonds. The zero-order valence-electron chi connectivity index (χ0n) is 16.7. The molecule has 0 saturated heterocycles. The number of carbonyl (C=O) groups is 1. The Hall–Kier alpha value is -3.02. The summed E-state index contributed by atoms with van der Waals surface area (Å²) >= 11 is 0. The van der Waals surface area contributed by atoms with Crippen LogP contribution in [0.5, 0.6) is 23.0 Å². The Balaban J connectivity index is 1.82. The third-order valence-electron chi connectivity index (χ3n) is 4.84. The third kappa shape index (κ3) is 4.11. The number of benzene rings is 2. The van der Waals surface area contributed by atoms with Crippen LogP contribution < -0.4 is 18.9 Å². The van der Waals surface area contributed by atoms with Crippen molar-refractivity contribution >= 4 is 11.5 Å². The molecule has 3 rings (SSSR count). The zero-order chi connectivity index (χ0) is 20.1. The van der Waals surface area contributed by atoms with Gasteiger partial charge >= 0.3 is 0 Å². The van der Waals surface area contributed by atoms with E-state index in [9.17, 15) is 4.79 Å². The minimum Gasteiger partial charge on any atom is -0.497 e. The summed E-state index contributed by atoms with van der Waals surface area (Å²) in [5.74, 6) is 2.76. The Labute approximate surface area is 165 Å². The van der Waals surface area contributed by atoms with E-state index >= 15 is 0 Å². The fraction of sp³-hybridized carbons (Fsp3) is 0.364. The third-order valence-corrected chi connectivity index (χ3v) is 4.84. The normalized spacial score (nSPS) is 12.6. The van der Waals surface area contributed by atoms with Crippen LogP contribution in [0.3, 0.4) is 0 Å². The van der Waals surface area contributed by atoms with Gasteiger partial charge in [0.1, 0.15) is 17.3 Å². The molecule has 1 aliphatic rings. The van der Waals surface area contributed by atoms with E-state index in [1.165, 1.54) is 0 Å². The molecule has 28 heavy (non-hydrogen) atoms. The lowest BCUT2D eigenvalue weighted by Gasteiger charge is -2.19. The summed E-state index contributed by atoms with van der Waals surface area (Å²) in [5, 5.41) is 0. The van der Waals surface area contributed by atoms with E-state index in [0.29, 0.717) is 29.5 Å². The fourth-order valence-electron chi connectivity index (χ4n) is 3.43. The molecule has 0 fully saturated rings. The largest absolute Gasteiger partial charge is 0.497 e. The van der Waals surface area contributed by atoms with Gasteiger partial charge in [-0.3, -0.25) is 9.79 Å². The predicted octanol–water partition coefficient (Wildman–Crippen LogP) is 3.27. The summed E-state index contributed by atoms with van der Waals surface area (Å²) in [4.78, 5) is 17.4. The quantitative estimate of drug-likeness (QED) is 0.700. The number of methoxy groups -OCH3 is 4. The molecular weight excluding hydrogens is 358 g/mol. The van der Waals surface area contributed by atoms with Gasteiger partial charge in [-0.05, 0) is 42.3 Å². The zero-order valence-corrected chi connectivity index (χ0v) is 16.7. The second-order valence-electron chi connectivity index (χ2n) is 6.51. The van der Waals surface area contributed by atoms with Crippen molar-refractivity contribution in [2.75, 3.05) is 35.0 Å². The highest BCUT2D eigenvalue weighted by Crippen LogP contribution is 2.33. The minimum atomic E-state index is 0.0629. The molecule has 1 heterocycles. The van der Waals surface area contributed by atoms with Crippen LogP contribution in [-0.2, 0) is 17.6 Å². The van der Waals surface area contributed by atoms with Crippen molar-refractivity contribution in [3.8, 4) is 23.0 Å². The Morgan fingerprint density at radius 2 is 1.61 bits per heavy atom. The van der Waals surface area contributed by atoms with Crippen LogP contribution in [0.1, 0.15) is 23.1 Å². The van der Waals surface area contributed by atoms with Gasteiger partial charge in [-0.15, -0.1) is 0 Å². The first-order valence-electron chi connectivity index (χ1n) is 9.10. The van der Waals surface area contributed by atoms with Crippen LogP contribution in [0.2, 0.25) is 0 Å². The van der Waals surface area contributed by atoms with E-state index in [4.69, 9.17) is 18.9 Å². The van der Waals surface area contributed by atoms with Crippen molar-refractivity contribution in [1.82, 2.24) is 0 Å². The van der Waals surface area contributed by atoms with E-state index in [1.54, 1.807) is 28.4 Å². The lowest BCUT2D eigenvalue weighted by molar-refractivity contribution is -0.117. The molecule has 148 valence electrons. The SMILES string of the molecule is COc1ccc(OC)c(CC(=O)CC2=NCCc3cc(OC)c(OC)cc32)c1. The van der Waals surface area contributed by atoms with Gasteiger partial charge in [0, 0.05) is 36.2 Å². The molecule has 1 aliphatic heterocycles. The molecule has 0 radical (unpaired) electrons. The maximum atomic E-state index is 12.8. The van der Waals surface area contributed by atoms with Crippen LogP contribution in [0.25, 0.3) is 0 Å². The van der Waals surface area contributed by atoms with E-state index in [2.05, 4.69) is 4.99 Å². The maximum Gasteiger partial charge on any atom is 0.161 e. The van der Waals surface area contributed by atoms with Crippen LogP contribution in [0.4, 0.5) is 0 Å². The Morgan fingerprint density at radius 1 is 0.893 bits per heavy atom. The molecule has 0 aliphatic carbocycles. The van der Waals surface area contributed by atoms with Crippen molar-refractivity contribution in [2.45, 2.75) is 19.3 Å². The summed E-state index contributed by atoms with van der Waals surface area (Å²) in [6.45, 7) is 0.660. The summed E-state index contributed by atoms with van der Waals surface area (Å²) < 4.78 is 21.4. The molecule has 0 spiro atoms. The second kappa shape index (κ2) is 8.78. The van der Waals surface area contributed by atoms with E-state index in [-0.39, 0.29) is 18.6 Å². The topological polar surface area (TPSA) is 66.4 Å². The van der Waals surface area contributed by atoms with Crippen molar-refractivity contribution in [1.29, 1.82) is 0 Å². The van der Waals surface area contributed by atoms with E-state index in [0.717, 1.165) is 28.8 Å². The Morgan fingerprint density at radius 3 is 2.29 bits per heavy atom. The average molecular weight is 383 g/mol. The molecule has 2 aromatic rings. The molecule has 0 saturated carbocycles. The summed E-state index contributed by atoms with van der Waals surface area (Å²) in [6.07, 6.45) is 1.32. The highest BCUT2D eigenvalue weighted by Gasteiger charge is 2.21. The number of rotatable bonds is 8. The molecule has 0 atom stereocenters. The molecule has 0 bridgehead atoms. The molecular formula is C22H25NO5. The number of aliphatic imine (C=N–C) groups is 1. The van der Waals surface area contributed by atoms with Crippen LogP contribution in [0.15, 0.2) is 35.3 Å². The van der Waals surface area contributed by atoms with Crippen molar-refractivity contribution in [3.63, 3.8) is 0 Å². The van der Waals surface area contributed by atoms with E-state index in [1.807, 2.05) is 30.3 Å². The second-order valence-corrected chi connectivity index (χ2v) is 6.51. The van der Waals surface area contributed by atoms with Gasteiger partial charge in [0.25, 0.3) is 0 Å². The van der Waals surface area contributed by atoms with Crippen molar-refractivity contribution < 1.29 is 23.7 Å². The number of hydrogen-bond acceptors (Lipinski definition) is 6. The van der Waals surface area contributed by atoms with Gasteiger partial charge in [-0.25, -0.2) is 0 Å². The first-order valence-corrected chi connectivity index (χ1v) is 9.10. The monoisotopic (exact) mass is 383 g/mol. The maximum absolute atomic E-state index is 12.8. The van der Waals surface area contributed by atoms with Gasteiger partial charge < -0.3 is 18.9 Å². The Kier molecular flexibility index (Phi) is 6.19. The molecule has 0 aromatic heterocycles. The van der Waals surface area contributed by atoms with Crippen molar-refractivity contribution in [2.24, 2.45) is 4.99 Å². The fourth-order valence-corrected chi connectivity index (χ4v) is 3.43. The van der Waals surface area contributed by atoms with Crippen LogP contribution in [-0.4, -0.2) is 46.5 Å². The Bertz CT molecular complexity index is 904. The van der Waals surface area contributed by atoms with Gasteiger partial charge in [-0.2, -0.15) is 0 Å². The average Bonchev–Trinajstić information content (AvgIpc) is 2.72. The van der Waals surface area contributed by atoms with Crippen LogP contribution in [0, 0.1) is 0 Å². The standard InChI is InChI=1S/C22H25NO5/c1-25-17-5-6-20(26-2)15(10-17)9-16(24)12-19-18-13-22(28-4)21(27-3)11-14(18)7-8-23-19/h5-6,10-11,13H,7-9,12H2,1-4H3. The van der Waals surface area contributed by atoms with Crippen molar-refractivity contribution in [3.05, 3.63) is 47.0 Å². The highest BCUT2D eigenvalue weighted by molar-refractivity contribution is 6.13. The van der Waals surface area contributed by atoms with E-state index < -0.39 is 0 Å². The van der Waals surface area contributed by atoms with Gasteiger partial charge in [0.15, 0.2) is 11.5 Å². The molecule has 0 unspecified atom stereocenters. The summed E-state index contributed by atoms with van der Waals surface area (Å²) in [6, 6.07) is 9.34. The number of Topliss-reactive ketones (excluding diaryl/α,β-unsaturated/α-hetero) is 1. The summed E-state index contributed by atoms with van der Waals surface area (Å²) in [5.41, 5.74) is 3.66. The number of hydrogen-bond donors (Lipinski definition) is 0. The first-order chi connectivity index (χ1) is 13.6. The highest BCUT2D eigenvalue weighted by atomic mass is 16.5. The van der Waals surface area contributed by atoms with Crippen LogP contribution >= 0.6 is 0 Å². The lowest BCUT2D eigenvalue weighted by Crippen LogP contribution is -2.18. The molecule has 2 aromatic carbocycles. The lowest BCUT2D eigenvalue weighted by atomic mass is 9.92. The van der Waals surface area contributed by atoms with Gasteiger partial charge in [-0.1, -0.05) is 0 Å². The number of ether oxygens (including phenoxy) is 4. The van der Waals surface area contributed by atoms with Gasteiger partial charge in [0.2, 0.25) is 0 Å². The summed E-state index contributed by atoms with van der Waals surface area (Å²) in [7, 11) is 6.41. The van der Waals surface area contributed by atoms with Gasteiger partial charge in [0.05, 0.1) is 28.4 Å². The molecule has 0 N–H and O–H groups in total. The molecule has 6 nitrogen and oxygen atoms in total. The minimum absolute atomic E-state index is 0.0629. The molecule has 6 heteroatoms. The number of ketones is 1.